The van der Waals surface area contributed by atoms with Crippen LogP contribution in [0.3, 0.4) is 0 Å². The van der Waals surface area contributed by atoms with Crippen molar-refractivity contribution in [3.8, 4) is 0 Å². The molecular formula is C17H22N2O3S. The van der Waals surface area contributed by atoms with E-state index in [1.54, 1.807) is 33.5 Å². The predicted octanol–water partition coefficient (Wildman–Crippen LogP) is 2.38. The van der Waals surface area contributed by atoms with Crippen LogP contribution in [0.15, 0.2) is 29.2 Å². The maximum atomic E-state index is 12.9. The molecular weight excluding hydrogens is 312 g/mol. The summed E-state index contributed by atoms with van der Waals surface area (Å²) in [6.07, 6.45) is 5.72. The van der Waals surface area contributed by atoms with E-state index < -0.39 is 10.0 Å². The van der Waals surface area contributed by atoms with Gasteiger partial charge in [-0.2, -0.15) is 4.31 Å². The van der Waals surface area contributed by atoms with Gasteiger partial charge in [0, 0.05) is 31.2 Å². The van der Waals surface area contributed by atoms with Gasteiger partial charge in [0.2, 0.25) is 15.9 Å². The summed E-state index contributed by atoms with van der Waals surface area (Å²) in [4.78, 5) is 13.9. The summed E-state index contributed by atoms with van der Waals surface area (Å²) in [5.41, 5.74) is 0.798. The molecule has 1 saturated carbocycles. The van der Waals surface area contributed by atoms with Crippen molar-refractivity contribution >= 4 is 21.6 Å². The van der Waals surface area contributed by atoms with Crippen LogP contribution in [0.5, 0.6) is 0 Å². The fourth-order valence-corrected chi connectivity index (χ4v) is 5.63. The van der Waals surface area contributed by atoms with Crippen molar-refractivity contribution in [2.45, 2.75) is 49.5 Å². The molecule has 2 saturated heterocycles. The molecule has 0 aromatic heterocycles. The lowest BCUT2D eigenvalue weighted by Gasteiger charge is -2.24. The van der Waals surface area contributed by atoms with Crippen molar-refractivity contribution in [3.05, 3.63) is 24.3 Å². The lowest BCUT2D eigenvalue weighted by atomic mass is 10.1. The number of rotatable bonds is 4. The van der Waals surface area contributed by atoms with Crippen LogP contribution >= 0.6 is 0 Å². The Balaban J connectivity index is 1.58. The topological polar surface area (TPSA) is 57.7 Å². The Morgan fingerprint density at radius 1 is 0.957 bits per heavy atom. The first-order valence-corrected chi connectivity index (χ1v) is 9.94. The van der Waals surface area contributed by atoms with Crippen LogP contribution in [-0.2, 0) is 14.8 Å². The number of sulfonamides is 1. The molecule has 23 heavy (non-hydrogen) atoms. The molecule has 1 unspecified atom stereocenters. The zero-order chi connectivity index (χ0) is 16.0. The highest BCUT2D eigenvalue weighted by Gasteiger charge is 2.43. The summed E-state index contributed by atoms with van der Waals surface area (Å²) in [5, 5.41) is 0. The molecule has 0 N–H and O–H groups in total. The summed E-state index contributed by atoms with van der Waals surface area (Å²) < 4.78 is 27.5. The van der Waals surface area contributed by atoms with E-state index in [2.05, 4.69) is 0 Å². The minimum Gasteiger partial charge on any atom is -0.312 e. The molecule has 5 nitrogen and oxygen atoms in total. The number of anilines is 1. The van der Waals surface area contributed by atoms with Gasteiger partial charge in [-0.05, 0) is 62.3 Å². The Bertz CT molecular complexity index is 710. The van der Waals surface area contributed by atoms with Crippen molar-refractivity contribution in [2.75, 3.05) is 18.0 Å². The molecule has 1 aliphatic carbocycles. The number of hydrogen-bond donors (Lipinski definition) is 0. The summed E-state index contributed by atoms with van der Waals surface area (Å²) in [6.45, 7) is 1.36. The highest BCUT2D eigenvalue weighted by molar-refractivity contribution is 7.89. The van der Waals surface area contributed by atoms with E-state index in [1.165, 1.54) is 0 Å². The first-order chi connectivity index (χ1) is 11.1. The molecule has 1 atom stereocenters. The molecule has 1 aromatic carbocycles. The van der Waals surface area contributed by atoms with Gasteiger partial charge in [-0.3, -0.25) is 4.79 Å². The Kier molecular flexibility index (Phi) is 3.69. The lowest BCUT2D eigenvalue weighted by molar-refractivity contribution is -0.117. The molecule has 1 aromatic rings. The first kappa shape index (κ1) is 15.1. The largest absolute Gasteiger partial charge is 0.312 e. The van der Waals surface area contributed by atoms with Crippen LogP contribution in [0.4, 0.5) is 5.69 Å². The number of carbonyl (C=O) groups is 1. The van der Waals surface area contributed by atoms with E-state index in [4.69, 9.17) is 0 Å². The molecule has 3 fully saturated rings. The monoisotopic (exact) mass is 334 g/mol. The second-order valence-corrected chi connectivity index (χ2v) is 8.70. The van der Waals surface area contributed by atoms with Gasteiger partial charge in [0.25, 0.3) is 0 Å². The van der Waals surface area contributed by atoms with Gasteiger partial charge >= 0.3 is 0 Å². The molecule has 1 amide bonds. The molecule has 3 aliphatic rings. The highest BCUT2D eigenvalue weighted by atomic mass is 32.2. The molecule has 0 radical (unpaired) electrons. The zero-order valence-corrected chi connectivity index (χ0v) is 14.0. The van der Waals surface area contributed by atoms with E-state index in [0.717, 1.165) is 44.3 Å². The Morgan fingerprint density at radius 2 is 1.70 bits per heavy atom. The second-order valence-electron chi connectivity index (χ2n) is 6.81. The van der Waals surface area contributed by atoms with Gasteiger partial charge in [-0.15, -0.1) is 0 Å². The normalized spacial score (nSPS) is 26.2. The van der Waals surface area contributed by atoms with Gasteiger partial charge in [0.1, 0.15) is 0 Å². The van der Waals surface area contributed by atoms with E-state index >= 15 is 0 Å². The van der Waals surface area contributed by atoms with Gasteiger partial charge in [0.15, 0.2) is 0 Å². The summed E-state index contributed by atoms with van der Waals surface area (Å²) in [6, 6.07) is 7.02. The standard InChI is InChI=1S/C17H22N2O3S/c20-17-4-2-11-18(17)14-7-9-15(10-8-14)23(21,22)19-12-1-3-16(19)13-5-6-13/h7-10,13,16H,1-6,11-12H2. The molecule has 124 valence electrons. The molecule has 2 aliphatic heterocycles. The Labute approximate surface area is 137 Å². The maximum Gasteiger partial charge on any atom is 0.243 e. The van der Waals surface area contributed by atoms with Gasteiger partial charge in [0.05, 0.1) is 4.90 Å². The maximum absolute atomic E-state index is 12.9. The van der Waals surface area contributed by atoms with Gasteiger partial charge in [-0.1, -0.05) is 0 Å². The van der Waals surface area contributed by atoms with Crippen molar-refractivity contribution in [2.24, 2.45) is 5.92 Å². The van der Waals surface area contributed by atoms with Crippen molar-refractivity contribution < 1.29 is 13.2 Å². The number of amides is 1. The molecule has 2 heterocycles. The fourth-order valence-electron chi connectivity index (χ4n) is 3.87. The van der Waals surface area contributed by atoms with Crippen LogP contribution < -0.4 is 4.90 Å². The Morgan fingerprint density at radius 3 is 2.30 bits per heavy atom. The number of benzene rings is 1. The average molecular weight is 334 g/mol. The molecule has 6 heteroatoms. The average Bonchev–Trinajstić information content (AvgIpc) is 3.10. The minimum atomic E-state index is -3.42. The van der Waals surface area contributed by atoms with Crippen molar-refractivity contribution in [1.82, 2.24) is 4.31 Å². The van der Waals surface area contributed by atoms with E-state index in [9.17, 15) is 13.2 Å². The second kappa shape index (κ2) is 5.60. The third kappa shape index (κ3) is 2.68. The summed E-state index contributed by atoms with van der Waals surface area (Å²) in [7, 11) is -3.42. The number of hydrogen-bond acceptors (Lipinski definition) is 3. The van der Waals surface area contributed by atoms with Gasteiger partial charge in [-0.25, -0.2) is 8.42 Å². The van der Waals surface area contributed by atoms with E-state index in [1.807, 2.05) is 0 Å². The first-order valence-electron chi connectivity index (χ1n) is 8.50. The number of nitrogens with zero attached hydrogens (tertiary/aromatic N) is 2. The van der Waals surface area contributed by atoms with Gasteiger partial charge < -0.3 is 4.90 Å². The molecule has 0 spiro atoms. The van der Waals surface area contributed by atoms with Crippen LogP contribution in [0, 0.1) is 5.92 Å². The smallest absolute Gasteiger partial charge is 0.243 e. The highest BCUT2D eigenvalue weighted by Crippen LogP contribution is 2.42. The minimum absolute atomic E-state index is 0.119. The molecule has 0 bridgehead atoms. The van der Waals surface area contributed by atoms with Crippen LogP contribution in [-0.4, -0.2) is 37.8 Å². The summed E-state index contributed by atoms with van der Waals surface area (Å²) in [5.74, 6) is 0.683. The third-order valence-electron chi connectivity index (χ3n) is 5.24. The van der Waals surface area contributed by atoms with E-state index in [-0.39, 0.29) is 11.9 Å². The van der Waals surface area contributed by atoms with Crippen LogP contribution in [0.1, 0.15) is 38.5 Å². The Hall–Kier alpha value is -1.40. The fraction of sp³-hybridized carbons (Fsp3) is 0.588. The van der Waals surface area contributed by atoms with Crippen LogP contribution in [0.2, 0.25) is 0 Å². The quantitative estimate of drug-likeness (QED) is 0.849. The SMILES string of the molecule is O=C1CCCN1c1ccc(S(=O)(=O)N2CCCC2C2CC2)cc1. The number of carbonyl (C=O) groups excluding carboxylic acids is 1. The van der Waals surface area contributed by atoms with E-state index in [0.29, 0.717) is 23.8 Å². The summed E-state index contributed by atoms with van der Waals surface area (Å²) >= 11 is 0. The lowest BCUT2D eigenvalue weighted by Crippen LogP contribution is -2.36. The van der Waals surface area contributed by atoms with Crippen molar-refractivity contribution in [3.63, 3.8) is 0 Å². The van der Waals surface area contributed by atoms with Crippen molar-refractivity contribution in [1.29, 1.82) is 0 Å². The predicted molar refractivity (Wildman–Crippen MR) is 87.7 cm³/mol. The third-order valence-corrected chi connectivity index (χ3v) is 7.18. The van der Waals surface area contributed by atoms with Crippen LogP contribution in [0.25, 0.3) is 0 Å². The molecule has 4 rings (SSSR count). The zero-order valence-electron chi connectivity index (χ0n) is 13.1.